The quantitative estimate of drug-likeness (QED) is 0.104. The Morgan fingerprint density at radius 2 is 1.84 bits per heavy atom. The molecular formula is C41H53N3O5. The maximum absolute atomic E-state index is 11.5. The molecule has 0 aliphatic heterocycles. The first-order chi connectivity index (χ1) is 23.8. The average molecular weight is 668 g/mol. The molecule has 8 heteroatoms. The zero-order valence-corrected chi connectivity index (χ0v) is 28.7. The molecule has 7 N–H and O–H groups in total. The van der Waals surface area contributed by atoms with Gasteiger partial charge in [0.15, 0.2) is 11.5 Å². The molecule has 1 aromatic carbocycles. The van der Waals surface area contributed by atoms with Gasteiger partial charge in [0, 0.05) is 47.2 Å². The smallest absolute Gasteiger partial charge is 0.161 e. The highest BCUT2D eigenvalue weighted by molar-refractivity contribution is 5.45. The normalized spacial score (nSPS) is 28.0. The number of fused-ring (bicyclic) bond motifs is 1. The average Bonchev–Trinajstić information content (AvgIpc) is 3.80. The Morgan fingerprint density at radius 1 is 1.02 bits per heavy atom. The summed E-state index contributed by atoms with van der Waals surface area (Å²) in [6, 6.07) is 13.4. The lowest BCUT2D eigenvalue weighted by Crippen LogP contribution is -2.36. The maximum atomic E-state index is 11.5. The van der Waals surface area contributed by atoms with Crippen LogP contribution in [0.3, 0.4) is 0 Å². The van der Waals surface area contributed by atoms with E-state index in [-0.39, 0.29) is 41.4 Å². The van der Waals surface area contributed by atoms with Crippen molar-refractivity contribution in [3.05, 3.63) is 83.8 Å². The highest BCUT2D eigenvalue weighted by Gasteiger charge is 2.45. The minimum atomic E-state index is -0.749. The van der Waals surface area contributed by atoms with Crippen LogP contribution in [0.5, 0.6) is 11.5 Å². The molecule has 1 fully saturated rings. The number of rotatable bonds is 10. The number of nitrogen functional groups attached to an aromatic ring is 1. The fraction of sp³-hybridized carbons (Fsp3) is 0.537. The number of ether oxygens (including phenoxy) is 1. The highest BCUT2D eigenvalue weighted by Crippen LogP contribution is 2.52. The monoisotopic (exact) mass is 667 g/mol. The summed E-state index contributed by atoms with van der Waals surface area (Å²) in [5.74, 6) is 7.16. The number of phenols is 1. The van der Waals surface area contributed by atoms with E-state index >= 15 is 0 Å². The van der Waals surface area contributed by atoms with Crippen molar-refractivity contribution in [1.82, 2.24) is 9.97 Å². The van der Waals surface area contributed by atoms with Gasteiger partial charge in [-0.3, -0.25) is 0 Å². The number of nitrogens with two attached hydrogens (primary N) is 1. The number of hydrogen-bond donors (Lipinski definition) is 6. The molecule has 8 atom stereocenters. The number of allylic oxidation sites excluding steroid dienone is 2. The minimum absolute atomic E-state index is 0.00829. The third kappa shape index (κ3) is 7.85. The summed E-state index contributed by atoms with van der Waals surface area (Å²) in [6.07, 6.45) is 15.7. The second-order valence-electron chi connectivity index (χ2n) is 14.5. The highest BCUT2D eigenvalue weighted by atomic mass is 16.5. The Balaban J connectivity index is 1.27. The van der Waals surface area contributed by atoms with Gasteiger partial charge in [-0.15, -0.1) is 0 Å². The van der Waals surface area contributed by atoms with E-state index in [0.29, 0.717) is 36.7 Å². The summed E-state index contributed by atoms with van der Waals surface area (Å²) >= 11 is 0. The number of benzene rings is 1. The van der Waals surface area contributed by atoms with E-state index in [0.717, 1.165) is 62.5 Å². The predicted octanol–water partition coefficient (Wildman–Crippen LogP) is 6.72. The number of aromatic hydroxyl groups is 1. The van der Waals surface area contributed by atoms with Crippen molar-refractivity contribution >= 4 is 5.82 Å². The fourth-order valence-electron chi connectivity index (χ4n) is 8.81. The van der Waals surface area contributed by atoms with Crippen LogP contribution in [0, 0.1) is 29.6 Å². The van der Waals surface area contributed by atoms with Crippen LogP contribution in [0.1, 0.15) is 106 Å². The van der Waals surface area contributed by atoms with Crippen LogP contribution in [-0.4, -0.2) is 55.3 Å². The number of nitrogens with zero attached hydrogens (tertiary/aromatic N) is 1. The maximum Gasteiger partial charge on any atom is 0.161 e. The van der Waals surface area contributed by atoms with Crippen molar-refractivity contribution in [3.8, 4) is 23.3 Å². The topological polar surface area (TPSA) is 145 Å². The second-order valence-corrected chi connectivity index (χ2v) is 14.5. The number of aromatic amines is 1. The number of phenolic OH excluding ortho intramolecular Hbond substituents is 1. The van der Waals surface area contributed by atoms with Gasteiger partial charge in [0.25, 0.3) is 0 Å². The number of H-pyrrole nitrogens is 1. The van der Waals surface area contributed by atoms with Gasteiger partial charge < -0.3 is 35.9 Å². The molecule has 0 saturated heterocycles. The number of aliphatic hydroxyl groups is 3. The third-order valence-corrected chi connectivity index (χ3v) is 11.5. The lowest BCUT2D eigenvalue weighted by molar-refractivity contribution is -0.00706. The Hall–Kier alpha value is -3.77. The summed E-state index contributed by atoms with van der Waals surface area (Å²) in [6.45, 7) is 1.93. The lowest BCUT2D eigenvalue weighted by Gasteiger charge is -2.39. The lowest BCUT2D eigenvalue weighted by atomic mass is 9.66. The Morgan fingerprint density at radius 3 is 2.57 bits per heavy atom. The molecule has 0 radical (unpaired) electrons. The molecule has 2 heterocycles. The molecule has 262 valence electrons. The van der Waals surface area contributed by atoms with Crippen LogP contribution in [0.2, 0.25) is 0 Å². The van der Waals surface area contributed by atoms with Crippen molar-refractivity contribution in [3.63, 3.8) is 0 Å². The molecule has 3 aliphatic rings. The Bertz CT molecular complexity index is 1600. The van der Waals surface area contributed by atoms with E-state index in [9.17, 15) is 20.4 Å². The zero-order chi connectivity index (χ0) is 34.4. The van der Waals surface area contributed by atoms with E-state index in [2.05, 4.69) is 47.0 Å². The summed E-state index contributed by atoms with van der Waals surface area (Å²) in [5.41, 5.74) is 9.10. The Labute approximate surface area is 290 Å². The number of anilines is 1. The number of hydrogen-bond acceptors (Lipinski definition) is 7. The number of pyridine rings is 1. The summed E-state index contributed by atoms with van der Waals surface area (Å²) in [5, 5.41) is 44.4. The van der Waals surface area contributed by atoms with Gasteiger partial charge in [0.1, 0.15) is 11.9 Å². The van der Waals surface area contributed by atoms with Gasteiger partial charge in [0.2, 0.25) is 0 Å². The van der Waals surface area contributed by atoms with E-state index in [1.54, 1.807) is 12.3 Å². The second kappa shape index (κ2) is 15.8. The number of aromatic nitrogens is 2. The first kappa shape index (κ1) is 35.1. The molecular weight excluding hydrogens is 614 g/mol. The summed E-state index contributed by atoms with van der Waals surface area (Å²) in [4.78, 5) is 7.73. The number of aliphatic hydroxyl groups excluding tert-OH is 3. The molecule has 0 bridgehead atoms. The van der Waals surface area contributed by atoms with Crippen LogP contribution in [0.15, 0.2) is 67.0 Å². The van der Waals surface area contributed by atoms with Gasteiger partial charge in [-0.1, -0.05) is 62.7 Å². The molecule has 8 nitrogen and oxygen atoms in total. The van der Waals surface area contributed by atoms with Gasteiger partial charge >= 0.3 is 0 Å². The molecule has 3 aliphatic carbocycles. The Kier molecular flexibility index (Phi) is 11.3. The molecule has 0 spiro atoms. The van der Waals surface area contributed by atoms with Crippen LogP contribution >= 0.6 is 0 Å². The third-order valence-electron chi connectivity index (χ3n) is 11.5. The standard InChI is InChI=1S/C41H53N3O5/c1-2-27-8-3-4-9-35(47)40-28(12-11-27)13-14-29(22-36(40)48)30-15-16-34(46)37(23-30)49-32(26-45)25-33(31-17-21-44-39(42)24-31)41(18-5-6-19-41)38-10-7-20-43-38/h7,10,13-17,20-21,23-24,27-29,32-33,35-36,40,43,45-48H,2-6,8-9,18-19,22,25-26H2,1H3,(H2,42,44). The van der Waals surface area contributed by atoms with Crippen LogP contribution < -0.4 is 10.5 Å². The van der Waals surface area contributed by atoms with E-state index in [1.165, 1.54) is 5.69 Å². The SMILES string of the molecule is CCC1C#CC2C=CC(c3ccc(O)c(OC(CO)CC(c4ccnc(N)c4)C4(c5ccc[nH]5)CCCC4)c3)CC(O)C2C(O)CCCC1. The summed E-state index contributed by atoms with van der Waals surface area (Å²) in [7, 11) is 0. The molecule has 2 aromatic heterocycles. The molecule has 0 amide bonds. The van der Waals surface area contributed by atoms with Crippen molar-refractivity contribution < 1.29 is 25.2 Å². The van der Waals surface area contributed by atoms with E-state index in [1.807, 2.05) is 36.5 Å². The molecule has 49 heavy (non-hydrogen) atoms. The van der Waals surface area contributed by atoms with E-state index < -0.39 is 18.3 Å². The van der Waals surface area contributed by atoms with Crippen molar-refractivity contribution in [2.45, 2.75) is 113 Å². The first-order valence-electron chi connectivity index (χ1n) is 18.3. The van der Waals surface area contributed by atoms with E-state index in [4.69, 9.17) is 10.5 Å². The van der Waals surface area contributed by atoms with Crippen LogP contribution in [0.25, 0.3) is 0 Å². The molecule has 3 aromatic rings. The molecule has 8 unspecified atom stereocenters. The molecule has 1 saturated carbocycles. The van der Waals surface area contributed by atoms with Crippen molar-refractivity contribution in [2.24, 2.45) is 17.8 Å². The zero-order valence-electron chi connectivity index (χ0n) is 28.7. The van der Waals surface area contributed by atoms with Crippen LogP contribution in [0.4, 0.5) is 5.82 Å². The predicted molar refractivity (Wildman–Crippen MR) is 192 cm³/mol. The van der Waals surface area contributed by atoms with Crippen molar-refractivity contribution in [2.75, 3.05) is 12.3 Å². The van der Waals surface area contributed by atoms with Crippen LogP contribution in [-0.2, 0) is 5.41 Å². The molecule has 6 rings (SSSR count). The number of nitrogens with one attached hydrogen (secondary N) is 1. The van der Waals surface area contributed by atoms with Crippen molar-refractivity contribution in [1.29, 1.82) is 0 Å². The van der Waals surface area contributed by atoms with Gasteiger partial charge in [-0.2, -0.15) is 0 Å². The fourth-order valence-corrected chi connectivity index (χ4v) is 8.81. The van der Waals surface area contributed by atoms with Gasteiger partial charge in [-0.05, 0) is 98.4 Å². The first-order valence-corrected chi connectivity index (χ1v) is 18.3. The van der Waals surface area contributed by atoms with Gasteiger partial charge in [-0.25, -0.2) is 4.98 Å². The largest absolute Gasteiger partial charge is 0.504 e. The minimum Gasteiger partial charge on any atom is -0.504 e. The van der Waals surface area contributed by atoms with Gasteiger partial charge in [0.05, 0.1) is 18.8 Å². The summed E-state index contributed by atoms with van der Waals surface area (Å²) < 4.78 is 6.48.